The number of amides is 4. The highest BCUT2D eigenvalue weighted by atomic mass is 79.9. The van der Waals surface area contributed by atoms with Crippen molar-refractivity contribution >= 4 is 33.8 Å². The Morgan fingerprint density at radius 3 is 2.28 bits per heavy atom. The molecule has 36 heavy (non-hydrogen) atoms. The Labute approximate surface area is 221 Å². The van der Waals surface area contributed by atoms with Crippen molar-refractivity contribution < 1.29 is 14.4 Å². The van der Waals surface area contributed by atoms with Gasteiger partial charge in [0.05, 0.1) is 12.6 Å². The fourth-order valence-corrected chi connectivity index (χ4v) is 5.38. The maximum absolute atomic E-state index is 13.5. The number of nitrogens with zero attached hydrogens (tertiary/aromatic N) is 3. The van der Waals surface area contributed by atoms with E-state index in [1.807, 2.05) is 68.4 Å². The van der Waals surface area contributed by atoms with Crippen molar-refractivity contribution in [3.05, 3.63) is 70.2 Å². The van der Waals surface area contributed by atoms with E-state index >= 15 is 0 Å². The summed E-state index contributed by atoms with van der Waals surface area (Å²) in [5.41, 5.74) is 1.26. The number of carbonyl (C=O) groups is 3. The maximum atomic E-state index is 13.5. The monoisotopic (exact) mass is 554 g/mol. The minimum atomic E-state index is -0.770. The van der Waals surface area contributed by atoms with Crippen LogP contribution >= 0.6 is 15.9 Å². The van der Waals surface area contributed by atoms with Crippen LogP contribution in [0, 0.1) is 5.92 Å². The average Bonchev–Trinajstić information content (AvgIpc) is 3.05. The van der Waals surface area contributed by atoms with Crippen molar-refractivity contribution in [2.24, 2.45) is 5.92 Å². The largest absolute Gasteiger partial charge is 0.349 e. The van der Waals surface area contributed by atoms with Gasteiger partial charge in [0, 0.05) is 37.1 Å². The number of urea groups is 1. The number of likely N-dealkylation sites (N-methyl/N-ethyl adjacent to an activating group) is 1. The second kappa shape index (κ2) is 11.1. The highest BCUT2D eigenvalue weighted by Crippen LogP contribution is 2.37. The van der Waals surface area contributed by atoms with Gasteiger partial charge in [-0.3, -0.25) is 14.5 Å². The number of likely N-dealkylation sites (tertiary alicyclic amines) is 1. The van der Waals surface area contributed by atoms with Gasteiger partial charge in [-0.15, -0.1) is 0 Å². The molecule has 1 atom stereocenters. The van der Waals surface area contributed by atoms with E-state index in [2.05, 4.69) is 26.1 Å². The van der Waals surface area contributed by atoms with E-state index in [1.165, 1.54) is 4.90 Å². The van der Waals surface area contributed by atoms with Crippen LogP contribution in [0.25, 0.3) is 0 Å². The molecule has 0 radical (unpaired) electrons. The van der Waals surface area contributed by atoms with Crippen LogP contribution in [0.5, 0.6) is 0 Å². The quantitative estimate of drug-likeness (QED) is 0.484. The minimum Gasteiger partial charge on any atom is -0.349 e. The third kappa shape index (κ3) is 5.49. The van der Waals surface area contributed by atoms with E-state index in [0.29, 0.717) is 12.8 Å². The summed E-state index contributed by atoms with van der Waals surface area (Å²) in [6.45, 7) is 6.36. The van der Waals surface area contributed by atoms with Crippen LogP contribution in [-0.4, -0.2) is 64.8 Å². The molecule has 0 unspecified atom stereocenters. The van der Waals surface area contributed by atoms with Crippen LogP contribution in [0.1, 0.15) is 50.3 Å². The van der Waals surface area contributed by atoms with E-state index in [4.69, 9.17) is 0 Å². The standard InChI is InChI=1S/C28H35BrN4O3/c1-20(2)25(34)30-24(22-7-5-4-6-8-22)13-16-32-17-14-28(15-18-32)26(35)33(27(36)31(28)3)19-21-9-11-23(29)12-10-21/h4-12,20,24H,13-19H2,1-3H3,(H,30,34)/t24-/m0/s1. The molecule has 2 aliphatic heterocycles. The maximum Gasteiger partial charge on any atom is 0.327 e. The normalized spacial score (nSPS) is 18.8. The first-order valence-electron chi connectivity index (χ1n) is 12.6. The van der Waals surface area contributed by atoms with Crippen LogP contribution in [0.3, 0.4) is 0 Å². The fraction of sp³-hybridized carbons (Fsp3) is 0.464. The molecule has 1 spiro atoms. The number of hydrogen-bond acceptors (Lipinski definition) is 4. The third-order valence-corrected chi connectivity index (χ3v) is 8.05. The summed E-state index contributed by atoms with van der Waals surface area (Å²) in [5.74, 6) is -0.124. The number of imide groups is 1. The summed E-state index contributed by atoms with van der Waals surface area (Å²) >= 11 is 3.43. The molecule has 2 fully saturated rings. The molecule has 2 aliphatic rings. The van der Waals surface area contributed by atoms with Gasteiger partial charge in [0.15, 0.2) is 0 Å². The van der Waals surface area contributed by atoms with Crippen molar-refractivity contribution in [3.63, 3.8) is 0 Å². The first-order chi connectivity index (χ1) is 17.2. The van der Waals surface area contributed by atoms with Crippen molar-refractivity contribution in [3.8, 4) is 0 Å². The van der Waals surface area contributed by atoms with Gasteiger partial charge >= 0.3 is 6.03 Å². The van der Waals surface area contributed by atoms with Crippen molar-refractivity contribution in [2.75, 3.05) is 26.7 Å². The number of rotatable bonds is 8. The van der Waals surface area contributed by atoms with E-state index in [-0.39, 0.29) is 36.3 Å². The van der Waals surface area contributed by atoms with Gasteiger partial charge in [0.1, 0.15) is 5.54 Å². The van der Waals surface area contributed by atoms with Crippen LogP contribution in [0.4, 0.5) is 4.79 Å². The number of nitrogens with one attached hydrogen (secondary N) is 1. The highest BCUT2D eigenvalue weighted by Gasteiger charge is 2.56. The van der Waals surface area contributed by atoms with Gasteiger partial charge < -0.3 is 15.1 Å². The Morgan fingerprint density at radius 2 is 1.67 bits per heavy atom. The molecule has 2 heterocycles. The highest BCUT2D eigenvalue weighted by molar-refractivity contribution is 9.10. The molecule has 4 rings (SSSR count). The molecular weight excluding hydrogens is 520 g/mol. The van der Waals surface area contributed by atoms with Crippen molar-refractivity contribution in [1.29, 1.82) is 0 Å². The molecule has 0 aromatic heterocycles. The first-order valence-corrected chi connectivity index (χ1v) is 13.4. The minimum absolute atomic E-state index is 0.0454. The van der Waals surface area contributed by atoms with Crippen molar-refractivity contribution in [1.82, 2.24) is 20.0 Å². The predicted molar refractivity (Wildman–Crippen MR) is 143 cm³/mol. The molecule has 2 aromatic rings. The smallest absolute Gasteiger partial charge is 0.327 e. The number of hydrogen-bond donors (Lipinski definition) is 1. The second-order valence-electron chi connectivity index (χ2n) is 10.1. The predicted octanol–water partition coefficient (Wildman–Crippen LogP) is 4.58. The van der Waals surface area contributed by atoms with Crippen LogP contribution in [0.2, 0.25) is 0 Å². The molecule has 0 saturated carbocycles. The number of benzene rings is 2. The Kier molecular flexibility index (Phi) is 8.15. The lowest BCUT2D eigenvalue weighted by molar-refractivity contribution is -0.135. The van der Waals surface area contributed by atoms with E-state index < -0.39 is 5.54 Å². The molecular formula is C28H35BrN4O3. The SMILES string of the molecule is CC(C)C(=O)N[C@@H](CCN1CCC2(CC1)C(=O)N(Cc1ccc(Br)cc1)C(=O)N2C)c1ccccc1. The lowest BCUT2D eigenvalue weighted by Crippen LogP contribution is -2.55. The van der Waals surface area contributed by atoms with Gasteiger partial charge in [0.2, 0.25) is 5.91 Å². The summed E-state index contributed by atoms with van der Waals surface area (Å²) in [5, 5.41) is 3.19. The Hall–Kier alpha value is -2.71. The fourth-order valence-electron chi connectivity index (χ4n) is 5.11. The number of halogens is 1. The lowest BCUT2D eigenvalue weighted by atomic mass is 9.86. The Balaban J connectivity index is 1.38. The van der Waals surface area contributed by atoms with Crippen LogP contribution in [-0.2, 0) is 16.1 Å². The molecule has 0 aliphatic carbocycles. The third-order valence-electron chi connectivity index (χ3n) is 7.52. The van der Waals surface area contributed by atoms with Gasteiger partial charge in [-0.1, -0.05) is 72.2 Å². The molecule has 2 saturated heterocycles. The lowest BCUT2D eigenvalue weighted by Gasteiger charge is -2.41. The summed E-state index contributed by atoms with van der Waals surface area (Å²) in [6, 6.07) is 17.5. The first kappa shape index (κ1) is 26.4. The Bertz CT molecular complexity index is 1080. The summed E-state index contributed by atoms with van der Waals surface area (Å²) in [7, 11) is 1.75. The topological polar surface area (TPSA) is 73.0 Å². The number of carbonyl (C=O) groups excluding carboxylic acids is 3. The summed E-state index contributed by atoms with van der Waals surface area (Å²) in [4.78, 5) is 44.4. The molecule has 7 nitrogen and oxygen atoms in total. The van der Waals surface area contributed by atoms with Gasteiger partial charge in [0.25, 0.3) is 5.91 Å². The zero-order valence-corrected chi connectivity index (χ0v) is 22.8. The molecule has 4 amide bonds. The van der Waals surface area contributed by atoms with Crippen LogP contribution in [0.15, 0.2) is 59.1 Å². The zero-order chi connectivity index (χ0) is 25.9. The van der Waals surface area contributed by atoms with Crippen molar-refractivity contribution in [2.45, 2.75) is 51.2 Å². The zero-order valence-electron chi connectivity index (χ0n) is 21.2. The van der Waals surface area contributed by atoms with E-state index in [9.17, 15) is 14.4 Å². The molecule has 1 N–H and O–H groups in total. The molecule has 8 heteroatoms. The average molecular weight is 556 g/mol. The molecule has 192 valence electrons. The van der Waals surface area contributed by atoms with E-state index in [0.717, 1.165) is 41.7 Å². The second-order valence-corrected chi connectivity index (χ2v) is 11.1. The molecule has 2 aromatic carbocycles. The van der Waals surface area contributed by atoms with Gasteiger partial charge in [-0.05, 0) is 42.5 Å². The van der Waals surface area contributed by atoms with Gasteiger partial charge in [-0.25, -0.2) is 4.79 Å². The number of piperidine rings is 1. The van der Waals surface area contributed by atoms with Crippen LogP contribution < -0.4 is 5.32 Å². The van der Waals surface area contributed by atoms with Gasteiger partial charge in [-0.2, -0.15) is 0 Å². The van der Waals surface area contributed by atoms with E-state index in [1.54, 1.807) is 11.9 Å². The summed E-state index contributed by atoms with van der Waals surface area (Å²) in [6.07, 6.45) is 2.01. The molecule has 0 bridgehead atoms. The Morgan fingerprint density at radius 1 is 1.03 bits per heavy atom. The summed E-state index contributed by atoms with van der Waals surface area (Å²) < 4.78 is 0.963.